The lowest BCUT2D eigenvalue weighted by Crippen LogP contribution is -2.19. The molecule has 0 aliphatic rings. The van der Waals surface area contributed by atoms with Gasteiger partial charge in [-0.25, -0.2) is 4.39 Å². The monoisotopic (exact) mass is 263 g/mol. The number of unbranched alkanes of at least 4 members (excludes halogenated alkanes) is 1. The maximum Gasteiger partial charge on any atom is 0.124 e. The van der Waals surface area contributed by atoms with Crippen LogP contribution in [0.3, 0.4) is 0 Å². The van der Waals surface area contributed by atoms with Crippen LogP contribution < -0.4 is 0 Å². The summed E-state index contributed by atoms with van der Waals surface area (Å²) in [4.78, 5) is 2.18. The molecular weight excluding hydrogens is 241 g/mol. The number of rotatable bonds is 6. The molecular formula is C16H22FNO. The van der Waals surface area contributed by atoms with Crippen LogP contribution in [0.25, 0.3) is 0 Å². The van der Waals surface area contributed by atoms with Crippen LogP contribution in [0.2, 0.25) is 0 Å². The van der Waals surface area contributed by atoms with Crippen LogP contribution >= 0.6 is 0 Å². The van der Waals surface area contributed by atoms with E-state index in [0.717, 1.165) is 31.5 Å². The zero-order chi connectivity index (χ0) is 14.1. The zero-order valence-electron chi connectivity index (χ0n) is 11.7. The van der Waals surface area contributed by atoms with E-state index in [0.29, 0.717) is 12.0 Å². The Bertz CT molecular complexity index is 448. The summed E-state index contributed by atoms with van der Waals surface area (Å²) in [6.07, 6.45) is 2.72. The Hall–Kier alpha value is -1.37. The van der Waals surface area contributed by atoms with Crippen molar-refractivity contribution in [2.75, 3.05) is 20.2 Å². The first-order valence-corrected chi connectivity index (χ1v) is 6.73. The van der Waals surface area contributed by atoms with Gasteiger partial charge in [-0.15, -0.1) is 0 Å². The second-order valence-electron chi connectivity index (χ2n) is 4.71. The molecule has 0 aliphatic heterocycles. The molecule has 104 valence electrons. The Labute approximate surface area is 115 Å². The summed E-state index contributed by atoms with van der Waals surface area (Å²) in [5, 5.41) is 8.67. The Morgan fingerprint density at radius 2 is 2.11 bits per heavy atom. The molecule has 0 bridgehead atoms. The average Bonchev–Trinajstić information content (AvgIpc) is 2.36. The largest absolute Gasteiger partial charge is 0.395 e. The maximum absolute atomic E-state index is 13.5. The van der Waals surface area contributed by atoms with Gasteiger partial charge >= 0.3 is 0 Å². The van der Waals surface area contributed by atoms with E-state index in [4.69, 9.17) is 5.11 Å². The minimum atomic E-state index is -0.255. The van der Waals surface area contributed by atoms with Crippen molar-refractivity contribution in [3.8, 4) is 11.8 Å². The summed E-state index contributed by atoms with van der Waals surface area (Å²) >= 11 is 0. The number of hydrogen-bond acceptors (Lipinski definition) is 2. The molecule has 0 unspecified atom stereocenters. The first-order valence-electron chi connectivity index (χ1n) is 6.73. The number of hydrogen-bond donors (Lipinski definition) is 1. The average molecular weight is 263 g/mol. The highest BCUT2D eigenvalue weighted by Gasteiger charge is 2.03. The van der Waals surface area contributed by atoms with Crippen molar-refractivity contribution in [1.82, 2.24) is 4.90 Å². The van der Waals surface area contributed by atoms with E-state index in [1.807, 2.05) is 13.1 Å². The lowest BCUT2D eigenvalue weighted by atomic mass is 10.1. The topological polar surface area (TPSA) is 23.5 Å². The van der Waals surface area contributed by atoms with Gasteiger partial charge in [0, 0.05) is 18.5 Å². The molecule has 1 aromatic carbocycles. The fourth-order valence-corrected chi connectivity index (χ4v) is 1.85. The third-order valence-electron chi connectivity index (χ3n) is 2.77. The molecule has 0 amide bonds. The van der Waals surface area contributed by atoms with Crippen molar-refractivity contribution < 1.29 is 9.50 Å². The molecule has 2 nitrogen and oxygen atoms in total. The molecule has 1 rings (SSSR count). The molecule has 0 aromatic heterocycles. The number of benzene rings is 1. The fourth-order valence-electron chi connectivity index (χ4n) is 1.85. The molecule has 3 heteroatoms. The van der Waals surface area contributed by atoms with Crippen molar-refractivity contribution in [1.29, 1.82) is 0 Å². The molecule has 1 aromatic rings. The van der Waals surface area contributed by atoms with Crippen LogP contribution in [0.15, 0.2) is 18.2 Å². The second kappa shape index (κ2) is 8.68. The normalized spacial score (nSPS) is 10.4. The van der Waals surface area contributed by atoms with E-state index in [1.54, 1.807) is 6.07 Å². The molecule has 0 saturated heterocycles. The first-order chi connectivity index (χ1) is 9.15. The highest BCUT2D eigenvalue weighted by atomic mass is 19.1. The third-order valence-corrected chi connectivity index (χ3v) is 2.77. The summed E-state index contributed by atoms with van der Waals surface area (Å²) in [7, 11) is 2.04. The van der Waals surface area contributed by atoms with Gasteiger partial charge in [-0.05, 0) is 43.8 Å². The number of aliphatic hydroxyl groups excluding tert-OH is 1. The number of nitrogens with zero attached hydrogens (tertiary/aromatic N) is 1. The van der Waals surface area contributed by atoms with Gasteiger partial charge in [-0.2, -0.15) is 0 Å². The molecule has 1 N–H and O–H groups in total. The van der Waals surface area contributed by atoms with Crippen molar-refractivity contribution in [2.45, 2.75) is 32.7 Å². The molecule has 0 fully saturated rings. The van der Waals surface area contributed by atoms with E-state index < -0.39 is 0 Å². The van der Waals surface area contributed by atoms with Gasteiger partial charge in [0.05, 0.1) is 6.61 Å². The van der Waals surface area contributed by atoms with Gasteiger partial charge < -0.3 is 10.0 Å². The number of halogens is 1. The van der Waals surface area contributed by atoms with Crippen LogP contribution in [0, 0.1) is 17.7 Å². The van der Waals surface area contributed by atoms with Gasteiger partial charge in [-0.1, -0.05) is 25.2 Å². The minimum absolute atomic E-state index is 0.0366. The van der Waals surface area contributed by atoms with E-state index in [1.165, 1.54) is 6.07 Å². The smallest absolute Gasteiger partial charge is 0.124 e. The molecule has 0 saturated carbocycles. The Balaban J connectivity index is 2.71. The molecule has 0 heterocycles. The fraction of sp³-hybridized carbons (Fsp3) is 0.500. The van der Waals surface area contributed by atoms with Crippen LogP contribution in [0.4, 0.5) is 4.39 Å². The van der Waals surface area contributed by atoms with Crippen LogP contribution in [-0.2, 0) is 6.54 Å². The third kappa shape index (κ3) is 6.37. The highest BCUT2D eigenvalue weighted by Crippen LogP contribution is 2.11. The van der Waals surface area contributed by atoms with Gasteiger partial charge in [0.15, 0.2) is 0 Å². The van der Waals surface area contributed by atoms with Crippen LogP contribution in [0.5, 0.6) is 0 Å². The predicted molar refractivity (Wildman–Crippen MR) is 76.2 cm³/mol. The van der Waals surface area contributed by atoms with Crippen LogP contribution in [0.1, 0.15) is 37.3 Å². The SMILES string of the molecule is CCCCN(C)Cc1cc(F)cc(C#CCCO)c1. The summed E-state index contributed by atoms with van der Waals surface area (Å²) in [5.41, 5.74) is 1.61. The molecule has 0 atom stereocenters. The van der Waals surface area contributed by atoms with Gasteiger partial charge in [0.2, 0.25) is 0 Å². The van der Waals surface area contributed by atoms with Gasteiger partial charge in [0.25, 0.3) is 0 Å². The first kappa shape index (κ1) is 15.7. The van der Waals surface area contributed by atoms with E-state index in [9.17, 15) is 4.39 Å². The predicted octanol–water partition coefficient (Wildman–Crippen LogP) is 2.79. The molecule has 0 aliphatic carbocycles. The Morgan fingerprint density at radius 1 is 1.32 bits per heavy atom. The molecule has 0 spiro atoms. The lowest BCUT2D eigenvalue weighted by molar-refractivity contribution is 0.305. The van der Waals surface area contributed by atoms with Crippen molar-refractivity contribution in [3.05, 3.63) is 35.1 Å². The lowest BCUT2D eigenvalue weighted by Gasteiger charge is -2.16. The Morgan fingerprint density at radius 3 is 2.79 bits per heavy atom. The highest BCUT2D eigenvalue weighted by molar-refractivity contribution is 5.37. The molecule has 0 radical (unpaired) electrons. The maximum atomic E-state index is 13.5. The summed E-state index contributed by atoms with van der Waals surface area (Å²) in [6.45, 7) is 3.94. The van der Waals surface area contributed by atoms with E-state index >= 15 is 0 Å². The van der Waals surface area contributed by atoms with Crippen molar-refractivity contribution in [3.63, 3.8) is 0 Å². The summed E-state index contributed by atoms with van der Waals surface area (Å²) in [5.74, 6) is 5.43. The minimum Gasteiger partial charge on any atom is -0.395 e. The van der Waals surface area contributed by atoms with E-state index in [2.05, 4.69) is 23.7 Å². The quantitative estimate of drug-likeness (QED) is 0.798. The number of aliphatic hydroxyl groups is 1. The Kier molecular flexibility index (Phi) is 7.17. The zero-order valence-corrected chi connectivity index (χ0v) is 11.7. The van der Waals surface area contributed by atoms with Gasteiger partial charge in [0.1, 0.15) is 5.82 Å². The summed E-state index contributed by atoms with van der Waals surface area (Å²) in [6, 6.07) is 4.90. The molecule has 19 heavy (non-hydrogen) atoms. The van der Waals surface area contributed by atoms with Crippen LogP contribution in [-0.4, -0.2) is 30.2 Å². The van der Waals surface area contributed by atoms with E-state index in [-0.39, 0.29) is 12.4 Å². The van der Waals surface area contributed by atoms with Crippen molar-refractivity contribution in [2.24, 2.45) is 0 Å². The second-order valence-corrected chi connectivity index (χ2v) is 4.71. The standard InChI is InChI=1S/C16H22FNO/c1-3-4-8-18(2)13-15-10-14(7-5-6-9-19)11-16(17)12-15/h10-12,19H,3-4,6,8-9,13H2,1-2H3. The van der Waals surface area contributed by atoms with Crippen molar-refractivity contribution >= 4 is 0 Å². The summed E-state index contributed by atoms with van der Waals surface area (Å²) < 4.78 is 13.5. The van der Waals surface area contributed by atoms with Gasteiger partial charge in [-0.3, -0.25) is 0 Å².